The van der Waals surface area contributed by atoms with Crippen LogP contribution in [0.3, 0.4) is 0 Å². The lowest BCUT2D eigenvalue weighted by molar-refractivity contribution is -0.998. The van der Waals surface area contributed by atoms with Crippen LogP contribution < -0.4 is 0 Å². The number of carbonyl (C=O) groups excluding carboxylic acids is 3. The van der Waals surface area contributed by atoms with Crippen molar-refractivity contribution in [2.75, 3.05) is 41.0 Å². The van der Waals surface area contributed by atoms with Gasteiger partial charge in [-0.2, -0.15) is 0 Å². The van der Waals surface area contributed by atoms with Gasteiger partial charge in [-0.15, -0.1) is 15.2 Å². The molecule has 3 N–H and O–H groups in total. The second kappa shape index (κ2) is 10.5. The maximum atomic E-state index is 12.2. The van der Waals surface area contributed by atoms with E-state index in [0.29, 0.717) is 11.0 Å². The van der Waals surface area contributed by atoms with Gasteiger partial charge in [-0.3, -0.25) is 14.4 Å². The highest BCUT2D eigenvalue weighted by molar-refractivity contribution is 5.70. The molecule has 0 spiro atoms. The summed E-state index contributed by atoms with van der Waals surface area (Å²) in [6.45, 7) is 1.12. The van der Waals surface area contributed by atoms with E-state index in [1.807, 2.05) is 30.3 Å². The molecule has 0 aromatic heterocycles. The van der Waals surface area contributed by atoms with Crippen LogP contribution in [0.2, 0.25) is 0 Å². The van der Waals surface area contributed by atoms with Crippen molar-refractivity contribution in [1.29, 1.82) is 0 Å². The number of carbonyl (C=O) groups is 3. The molecule has 1 aromatic rings. The average Bonchev–Trinajstić information content (AvgIpc) is 2.93. The Morgan fingerprint density at radius 2 is 1.05 bits per heavy atom. The van der Waals surface area contributed by atoms with Gasteiger partial charge >= 0.3 is 17.9 Å². The first-order valence-electron chi connectivity index (χ1n) is 12.6. The molecule has 4 aliphatic rings. The number of hydrogen-bond donors (Lipinski definition) is 3. The Hall–Kier alpha value is -2.65. The van der Waals surface area contributed by atoms with Crippen molar-refractivity contribution < 1.29 is 48.7 Å². The molecule has 210 valence electrons. The summed E-state index contributed by atoms with van der Waals surface area (Å²) in [6.07, 6.45) is -0.468. The van der Waals surface area contributed by atoms with Crippen LogP contribution in [0.15, 0.2) is 30.3 Å². The summed E-state index contributed by atoms with van der Waals surface area (Å²) in [7, 11) is 3.77. The molecule has 4 saturated heterocycles. The van der Waals surface area contributed by atoms with Crippen molar-refractivity contribution in [3.63, 3.8) is 0 Å². The van der Waals surface area contributed by atoms with E-state index in [0.717, 1.165) is 20.8 Å². The summed E-state index contributed by atoms with van der Waals surface area (Å²) in [4.78, 5) is 36.6. The lowest BCUT2D eigenvalue weighted by atomic mass is 9.75. The fraction of sp³-hybridized carbons (Fsp3) is 0.640. The zero-order valence-corrected chi connectivity index (χ0v) is 22.0. The molecule has 13 nitrogen and oxygen atoms in total. The van der Waals surface area contributed by atoms with E-state index in [9.17, 15) is 30.0 Å². The fourth-order valence-corrected chi connectivity index (χ4v) is 6.84. The minimum atomic E-state index is -1.54. The SMILES string of the molecule is COC(=O)CCC12C[N+]3(Cc4ccccc4)CC(CCC(=O)OC)(N1O)N(O)C(CCC(=O)OC)(C3)N2O. The molecule has 0 saturated carbocycles. The van der Waals surface area contributed by atoms with Crippen LogP contribution in [0.25, 0.3) is 0 Å². The van der Waals surface area contributed by atoms with E-state index in [1.54, 1.807) is 0 Å². The van der Waals surface area contributed by atoms with Crippen LogP contribution >= 0.6 is 0 Å². The number of benzene rings is 1. The normalized spacial score (nSPS) is 32.8. The number of nitrogens with zero attached hydrogens (tertiary/aromatic N) is 4. The van der Waals surface area contributed by atoms with Crippen LogP contribution in [0, 0.1) is 0 Å². The third-order valence-electron chi connectivity index (χ3n) is 8.36. The second-order valence-electron chi connectivity index (χ2n) is 10.6. The van der Waals surface area contributed by atoms with Gasteiger partial charge in [0.25, 0.3) is 0 Å². The van der Waals surface area contributed by atoms with Gasteiger partial charge in [0.05, 0.1) is 21.3 Å². The number of hydroxylamine groups is 6. The molecule has 4 fully saturated rings. The van der Waals surface area contributed by atoms with Crippen molar-refractivity contribution in [2.24, 2.45) is 0 Å². The Morgan fingerprint density at radius 3 is 1.37 bits per heavy atom. The van der Waals surface area contributed by atoms with Crippen LogP contribution in [0.5, 0.6) is 0 Å². The zero-order chi connectivity index (χ0) is 27.8. The van der Waals surface area contributed by atoms with Gasteiger partial charge in [0.15, 0.2) is 17.0 Å². The highest BCUT2D eigenvalue weighted by Gasteiger charge is 2.80. The summed E-state index contributed by atoms with van der Waals surface area (Å²) in [5.41, 5.74) is -3.61. The Labute approximate surface area is 221 Å². The first kappa shape index (κ1) is 28.4. The van der Waals surface area contributed by atoms with Crippen LogP contribution in [-0.2, 0) is 35.1 Å². The zero-order valence-electron chi connectivity index (χ0n) is 22.0. The van der Waals surface area contributed by atoms with Gasteiger partial charge in [0.2, 0.25) is 0 Å². The molecule has 0 aliphatic carbocycles. The third kappa shape index (κ3) is 4.47. The minimum absolute atomic E-state index is 0.0325. The predicted molar refractivity (Wildman–Crippen MR) is 128 cm³/mol. The molecule has 0 unspecified atom stereocenters. The molecular weight excluding hydrogens is 500 g/mol. The van der Waals surface area contributed by atoms with E-state index in [2.05, 4.69) is 0 Å². The van der Waals surface area contributed by atoms with Crippen LogP contribution in [-0.4, -0.2) is 111 Å². The van der Waals surface area contributed by atoms with Crippen LogP contribution in [0.1, 0.15) is 44.1 Å². The quantitative estimate of drug-likeness (QED) is 0.210. The standard InChI is InChI=1S/C25H37N4O9/c1-36-20(30)9-12-23-16-29(15-19-7-5-4-6-8-19)17-24(26(23)33,13-10-21(31)37-2)28(35)25(18-29,27(23)34)14-11-22(32)38-3/h4-8,33-35H,9-18H2,1-3H3/q+1. The first-order valence-corrected chi connectivity index (χ1v) is 12.6. The summed E-state index contributed by atoms with van der Waals surface area (Å²) >= 11 is 0. The van der Waals surface area contributed by atoms with Gasteiger partial charge in [-0.05, 0) is 19.3 Å². The second-order valence-corrected chi connectivity index (χ2v) is 10.6. The van der Waals surface area contributed by atoms with E-state index in [1.165, 1.54) is 21.3 Å². The Bertz CT molecular complexity index is 943. The number of quaternary nitrogens is 1. The topological polar surface area (TPSA) is 149 Å². The number of piperazine rings is 3. The summed E-state index contributed by atoms with van der Waals surface area (Å²) < 4.78 is 14.8. The number of esters is 3. The maximum absolute atomic E-state index is 12.2. The van der Waals surface area contributed by atoms with E-state index < -0.39 is 34.9 Å². The monoisotopic (exact) mass is 537 g/mol. The lowest BCUT2D eigenvalue weighted by Crippen LogP contribution is -2.99. The summed E-state index contributed by atoms with van der Waals surface area (Å²) in [6, 6.07) is 9.70. The molecule has 4 heterocycles. The molecule has 0 radical (unpaired) electrons. The van der Waals surface area contributed by atoms with Gasteiger partial charge in [-0.25, -0.2) is 0 Å². The Kier molecular flexibility index (Phi) is 7.83. The Morgan fingerprint density at radius 1 is 0.711 bits per heavy atom. The van der Waals surface area contributed by atoms with Gasteiger partial charge in [0.1, 0.15) is 26.2 Å². The Balaban J connectivity index is 1.86. The minimum Gasteiger partial charge on any atom is -0.469 e. The smallest absolute Gasteiger partial charge is 0.305 e. The predicted octanol–water partition coefficient (Wildman–Crippen LogP) is 1.07. The molecule has 4 bridgehead atoms. The van der Waals surface area contributed by atoms with Gasteiger partial charge in [0, 0.05) is 24.8 Å². The summed E-state index contributed by atoms with van der Waals surface area (Å²) in [5, 5.41) is 38.0. The van der Waals surface area contributed by atoms with Crippen LogP contribution in [0.4, 0.5) is 0 Å². The van der Waals surface area contributed by atoms with E-state index in [-0.39, 0.29) is 58.2 Å². The van der Waals surface area contributed by atoms with Crippen molar-refractivity contribution >= 4 is 17.9 Å². The van der Waals surface area contributed by atoms with E-state index >= 15 is 0 Å². The highest BCUT2D eigenvalue weighted by atomic mass is 16.6. The number of rotatable bonds is 11. The van der Waals surface area contributed by atoms with Crippen molar-refractivity contribution in [2.45, 2.75) is 62.1 Å². The molecule has 4 aliphatic heterocycles. The third-order valence-corrected chi connectivity index (χ3v) is 8.36. The van der Waals surface area contributed by atoms with Crippen molar-refractivity contribution in [3.8, 4) is 0 Å². The molecule has 0 atom stereocenters. The lowest BCUT2D eigenvalue weighted by Gasteiger charge is -2.76. The largest absolute Gasteiger partial charge is 0.469 e. The first-order chi connectivity index (χ1) is 18.0. The van der Waals surface area contributed by atoms with Crippen molar-refractivity contribution in [1.82, 2.24) is 15.2 Å². The molecular formula is C25H37N4O9+. The fourth-order valence-electron chi connectivity index (χ4n) is 6.84. The maximum Gasteiger partial charge on any atom is 0.305 e. The molecule has 0 amide bonds. The molecule has 1 aromatic carbocycles. The molecule has 13 heteroatoms. The number of hydrogen-bond acceptors (Lipinski definition) is 12. The van der Waals surface area contributed by atoms with E-state index in [4.69, 9.17) is 14.2 Å². The van der Waals surface area contributed by atoms with Gasteiger partial charge in [-0.1, -0.05) is 30.3 Å². The van der Waals surface area contributed by atoms with Gasteiger partial charge < -0.3 is 34.3 Å². The number of methoxy groups -OCH3 is 3. The molecule has 38 heavy (non-hydrogen) atoms. The summed E-state index contributed by atoms with van der Waals surface area (Å²) in [5.74, 6) is -1.58. The van der Waals surface area contributed by atoms with Crippen molar-refractivity contribution in [3.05, 3.63) is 35.9 Å². The average molecular weight is 538 g/mol. The molecule has 5 rings (SSSR count). The number of ether oxygens (including phenoxy) is 3. The highest BCUT2D eigenvalue weighted by Crippen LogP contribution is 2.58.